The second kappa shape index (κ2) is 7.05. The molecule has 0 aliphatic carbocycles. The lowest BCUT2D eigenvalue weighted by molar-refractivity contribution is 0.628. The van der Waals surface area contributed by atoms with Crippen LogP contribution in [-0.4, -0.2) is 35.1 Å². The van der Waals surface area contributed by atoms with Crippen molar-refractivity contribution in [3.8, 4) is 33.9 Å². The van der Waals surface area contributed by atoms with Crippen LogP contribution in [0.5, 0.6) is 0 Å². The molecule has 0 saturated carbocycles. The molecule has 0 unspecified atom stereocenters. The quantitative estimate of drug-likeness (QED) is 0.416. The van der Waals surface area contributed by atoms with Gasteiger partial charge in [0.2, 0.25) is 0 Å². The fourth-order valence-electron chi connectivity index (χ4n) is 3.87. The zero-order valence-corrected chi connectivity index (χ0v) is 17.0. The number of hydrogen-bond acceptors (Lipinski definition) is 5. The van der Waals surface area contributed by atoms with E-state index in [0.29, 0.717) is 17.2 Å². The molecule has 8 heteroatoms. The summed E-state index contributed by atoms with van der Waals surface area (Å²) in [6.07, 6.45) is 7.02. The molecule has 0 aliphatic heterocycles. The van der Waals surface area contributed by atoms with Crippen LogP contribution < -0.4 is 0 Å². The maximum atomic E-state index is 13.8. The van der Waals surface area contributed by atoms with Gasteiger partial charge in [-0.25, -0.2) is 14.4 Å². The minimum atomic E-state index is -0.295. The van der Waals surface area contributed by atoms with E-state index >= 15 is 0 Å². The van der Waals surface area contributed by atoms with E-state index in [4.69, 9.17) is 0 Å². The average molecular weight is 421 g/mol. The summed E-state index contributed by atoms with van der Waals surface area (Å²) in [5.41, 5.74) is 7.07. The second-order valence-corrected chi connectivity index (χ2v) is 7.59. The average Bonchev–Trinajstić information content (AvgIpc) is 3.42. The molecule has 6 aromatic rings. The van der Waals surface area contributed by atoms with Crippen molar-refractivity contribution in [2.75, 3.05) is 0 Å². The van der Waals surface area contributed by atoms with Crippen LogP contribution in [0.15, 0.2) is 67.3 Å². The molecule has 32 heavy (non-hydrogen) atoms. The second-order valence-electron chi connectivity index (χ2n) is 7.59. The molecule has 0 atom stereocenters. The number of nitrogens with one attached hydrogen (secondary N) is 2. The van der Waals surface area contributed by atoms with Crippen molar-refractivity contribution in [1.29, 1.82) is 0 Å². The number of aromatic amines is 2. The van der Waals surface area contributed by atoms with Gasteiger partial charge in [-0.3, -0.25) is 15.1 Å². The molecule has 1 aromatic carbocycles. The molecule has 7 nitrogen and oxygen atoms in total. The summed E-state index contributed by atoms with van der Waals surface area (Å²) in [6, 6.07) is 12.3. The normalized spacial score (nSPS) is 11.4. The van der Waals surface area contributed by atoms with Gasteiger partial charge in [-0.05, 0) is 48.4 Å². The lowest BCUT2D eigenvalue weighted by Crippen LogP contribution is -1.87. The van der Waals surface area contributed by atoms with Gasteiger partial charge in [-0.2, -0.15) is 5.10 Å². The Morgan fingerprint density at radius 1 is 0.938 bits per heavy atom. The molecular weight excluding hydrogens is 405 g/mol. The molecule has 0 spiro atoms. The first-order chi connectivity index (χ1) is 15.7. The van der Waals surface area contributed by atoms with E-state index in [9.17, 15) is 4.39 Å². The number of benzene rings is 1. The number of aryl methyl sites for hydroxylation is 1. The van der Waals surface area contributed by atoms with Gasteiger partial charge in [0.25, 0.3) is 0 Å². The monoisotopic (exact) mass is 421 g/mol. The van der Waals surface area contributed by atoms with Crippen molar-refractivity contribution >= 4 is 22.1 Å². The summed E-state index contributed by atoms with van der Waals surface area (Å²) in [6.45, 7) is 2.00. The van der Waals surface area contributed by atoms with Gasteiger partial charge in [0, 0.05) is 35.1 Å². The molecule has 0 bridgehead atoms. The Bertz CT molecular complexity index is 1620. The van der Waals surface area contributed by atoms with Gasteiger partial charge in [0.1, 0.15) is 11.5 Å². The Balaban J connectivity index is 1.51. The summed E-state index contributed by atoms with van der Waals surface area (Å²) in [7, 11) is 0. The SMILES string of the molecule is Cc1cncc(-c2cc3c(-c4nc5nccc(-c6cccc(F)c6)c5[nH]4)n[nH]c3cn2)c1. The third-order valence-electron chi connectivity index (χ3n) is 5.37. The highest BCUT2D eigenvalue weighted by Crippen LogP contribution is 2.32. The van der Waals surface area contributed by atoms with Crippen molar-refractivity contribution in [2.45, 2.75) is 6.92 Å². The molecule has 2 N–H and O–H groups in total. The van der Waals surface area contributed by atoms with E-state index in [1.807, 2.05) is 37.4 Å². The van der Waals surface area contributed by atoms with E-state index in [2.05, 4.69) is 35.1 Å². The van der Waals surface area contributed by atoms with Crippen molar-refractivity contribution in [3.05, 3.63) is 78.6 Å². The largest absolute Gasteiger partial charge is 0.335 e. The standard InChI is InChI=1S/C24H16FN7/c1-13-7-15(11-26-10-13)19-9-18-20(12-28-19)31-32-22(18)24-29-21-17(5-6-27-23(21)30-24)14-3-2-4-16(25)8-14/h2-12H,1H3,(H,31,32)(H,27,29,30). The van der Waals surface area contributed by atoms with E-state index in [1.165, 1.54) is 12.1 Å². The molecule has 0 aliphatic rings. The first-order valence-electron chi connectivity index (χ1n) is 10.0. The number of hydrogen-bond donors (Lipinski definition) is 2. The van der Waals surface area contributed by atoms with Crippen LogP contribution in [0.2, 0.25) is 0 Å². The number of H-pyrrole nitrogens is 2. The Hall–Kier alpha value is -4.46. The van der Waals surface area contributed by atoms with E-state index in [0.717, 1.165) is 44.4 Å². The first kappa shape index (κ1) is 18.3. The highest BCUT2D eigenvalue weighted by atomic mass is 19.1. The van der Waals surface area contributed by atoms with Crippen molar-refractivity contribution in [1.82, 2.24) is 35.1 Å². The summed E-state index contributed by atoms with van der Waals surface area (Å²) >= 11 is 0. The van der Waals surface area contributed by atoms with E-state index in [-0.39, 0.29) is 5.82 Å². The molecule has 0 fully saturated rings. The fraction of sp³-hybridized carbons (Fsp3) is 0.0417. The molecule has 0 saturated heterocycles. The maximum Gasteiger partial charge on any atom is 0.178 e. The number of pyridine rings is 3. The van der Waals surface area contributed by atoms with Gasteiger partial charge in [-0.15, -0.1) is 0 Å². The number of nitrogens with zero attached hydrogens (tertiary/aromatic N) is 5. The number of imidazole rings is 1. The Morgan fingerprint density at radius 2 is 1.88 bits per heavy atom. The van der Waals surface area contributed by atoms with E-state index in [1.54, 1.807) is 24.7 Å². The Morgan fingerprint density at radius 3 is 2.75 bits per heavy atom. The Kier molecular flexibility index (Phi) is 4.04. The smallest absolute Gasteiger partial charge is 0.178 e. The van der Waals surface area contributed by atoms with Gasteiger partial charge in [-0.1, -0.05) is 12.1 Å². The highest BCUT2D eigenvalue weighted by Gasteiger charge is 2.17. The minimum Gasteiger partial charge on any atom is -0.335 e. The topological polar surface area (TPSA) is 96.0 Å². The van der Waals surface area contributed by atoms with Crippen LogP contribution >= 0.6 is 0 Å². The highest BCUT2D eigenvalue weighted by molar-refractivity contribution is 5.96. The predicted molar refractivity (Wildman–Crippen MR) is 120 cm³/mol. The number of fused-ring (bicyclic) bond motifs is 2. The van der Waals surface area contributed by atoms with Crippen molar-refractivity contribution < 1.29 is 4.39 Å². The Labute approximate surface area is 181 Å². The van der Waals surface area contributed by atoms with Gasteiger partial charge in [0.15, 0.2) is 11.5 Å². The maximum absolute atomic E-state index is 13.8. The van der Waals surface area contributed by atoms with Gasteiger partial charge < -0.3 is 4.98 Å². The van der Waals surface area contributed by atoms with Gasteiger partial charge >= 0.3 is 0 Å². The third-order valence-corrected chi connectivity index (χ3v) is 5.37. The molecule has 0 radical (unpaired) electrons. The summed E-state index contributed by atoms with van der Waals surface area (Å²) in [5.74, 6) is 0.276. The lowest BCUT2D eigenvalue weighted by Gasteiger charge is -2.02. The summed E-state index contributed by atoms with van der Waals surface area (Å²) < 4.78 is 13.8. The molecular formula is C24H16FN7. The molecule has 154 valence electrons. The fourth-order valence-corrected chi connectivity index (χ4v) is 3.87. The minimum absolute atomic E-state index is 0.295. The molecule has 6 rings (SSSR count). The van der Waals surface area contributed by atoms with E-state index < -0.39 is 0 Å². The number of rotatable bonds is 3. The number of aromatic nitrogens is 7. The third kappa shape index (κ3) is 3.01. The van der Waals surface area contributed by atoms with Crippen LogP contribution in [0.1, 0.15) is 5.56 Å². The zero-order chi connectivity index (χ0) is 21.7. The molecule has 5 aromatic heterocycles. The molecule has 5 heterocycles. The summed E-state index contributed by atoms with van der Waals surface area (Å²) in [4.78, 5) is 21.2. The van der Waals surface area contributed by atoms with Crippen LogP contribution in [0, 0.1) is 12.7 Å². The van der Waals surface area contributed by atoms with Crippen molar-refractivity contribution in [2.24, 2.45) is 0 Å². The van der Waals surface area contributed by atoms with Crippen LogP contribution in [0.25, 0.3) is 56.0 Å². The summed E-state index contributed by atoms with van der Waals surface area (Å²) in [5, 5.41) is 8.36. The zero-order valence-electron chi connectivity index (χ0n) is 17.0. The van der Waals surface area contributed by atoms with Crippen molar-refractivity contribution in [3.63, 3.8) is 0 Å². The first-order valence-corrected chi connectivity index (χ1v) is 10.0. The number of halogens is 1. The molecule has 0 amide bonds. The van der Waals surface area contributed by atoms with Gasteiger partial charge in [0.05, 0.1) is 22.9 Å². The predicted octanol–water partition coefficient (Wildman–Crippen LogP) is 5.07. The van der Waals surface area contributed by atoms with Crippen LogP contribution in [0.3, 0.4) is 0 Å². The lowest BCUT2D eigenvalue weighted by atomic mass is 10.1. The van der Waals surface area contributed by atoms with Crippen LogP contribution in [-0.2, 0) is 0 Å². The van der Waals surface area contributed by atoms with Crippen LogP contribution in [0.4, 0.5) is 4.39 Å².